The molecular weight excluding hydrogens is 192 g/mol. The maximum absolute atomic E-state index is 10.6. The number of hydrogen-bond acceptors (Lipinski definition) is 4. The van der Waals surface area contributed by atoms with E-state index in [-0.39, 0.29) is 10.6 Å². The fourth-order valence-corrected chi connectivity index (χ4v) is 2.29. The van der Waals surface area contributed by atoms with Crippen molar-refractivity contribution in [2.45, 2.75) is 12.8 Å². The van der Waals surface area contributed by atoms with E-state index in [0.29, 0.717) is 23.7 Å². The van der Waals surface area contributed by atoms with Gasteiger partial charge in [0.25, 0.3) is 0 Å². The summed E-state index contributed by atoms with van der Waals surface area (Å²) < 4.78 is 5.23. The number of ether oxygens (including phenoxy) is 1. The van der Waals surface area contributed by atoms with Crippen LogP contribution in [-0.2, 0) is 6.42 Å². The number of thiophene rings is 1. The first-order valence-electron chi connectivity index (χ1n) is 3.91. The highest BCUT2D eigenvalue weighted by atomic mass is 32.1. The van der Waals surface area contributed by atoms with E-state index in [1.54, 1.807) is 0 Å². The highest BCUT2D eigenvalue weighted by molar-refractivity contribution is 7.16. The summed E-state index contributed by atoms with van der Waals surface area (Å²) in [6.45, 7) is 0.603. The van der Waals surface area contributed by atoms with Gasteiger partial charge < -0.3 is 14.9 Å². The van der Waals surface area contributed by atoms with Crippen molar-refractivity contribution in [3.05, 3.63) is 10.4 Å². The molecule has 0 fully saturated rings. The first-order chi connectivity index (χ1) is 6.20. The van der Waals surface area contributed by atoms with Crippen LogP contribution in [0.3, 0.4) is 0 Å². The quantitative estimate of drug-likeness (QED) is 0.720. The number of aromatic carboxylic acids is 1. The molecule has 0 spiro atoms. The molecule has 0 saturated heterocycles. The van der Waals surface area contributed by atoms with Crippen LogP contribution < -0.4 is 4.74 Å². The molecule has 1 aromatic heterocycles. The Hall–Kier alpha value is -1.23. The SMILES string of the molecule is O=C(O)c1sc2c(c1O)CCCO2. The molecule has 2 heterocycles. The molecule has 0 unspecified atom stereocenters. The van der Waals surface area contributed by atoms with Gasteiger partial charge in [-0.25, -0.2) is 4.79 Å². The molecule has 4 nitrogen and oxygen atoms in total. The van der Waals surface area contributed by atoms with E-state index in [4.69, 9.17) is 9.84 Å². The van der Waals surface area contributed by atoms with Gasteiger partial charge in [0.1, 0.15) is 5.75 Å². The Labute approximate surface area is 78.4 Å². The van der Waals surface area contributed by atoms with Crippen molar-refractivity contribution in [2.24, 2.45) is 0 Å². The van der Waals surface area contributed by atoms with Crippen molar-refractivity contribution >= 4 is 17.3 Å². The largest absolute Gasteiger partial charge is 0.506 e. The molecule has 2 N–H and O–H groups in total. The van der Waals surface area contributed by atoms with Crippen LogP contribution in [-0.4, -0.2) is 22.8 Å². The van der Waals surface area contributed by atoms with E-state index in [1.165, 1.54) is 0 Å². The first kappa shape index (κ1) is 8.37. The second-order valence-corrected chi connectivity index (χ2v) is 3.79. The monoisotopic (exact) mass is 200 g/mol. The minimum atomic E-state index is -1.10. The molecule has 0 radical (unpaired) electrons. The van der Waals surface area contributed by atoms with Crippen LogP contribution in [0.4, 0.5) is 0 Å². The Kier molecular flexibility index (Phi) is 1.88. The van der Waals surface area contributed by atoms with Crippen LogP contribution >= 0.6 is 11.3 Å². The molecule has 0 saturated carbocycles. The van der Waals surface area contributed by atoms with E-state index < -0.39 is 5.97 Å². The Balaban J connectivity index is 2.50. The molecule has 0 atom stereocenters. The van der Waals surface area contributed by atoms with Gasteiger partial charge in [0, 0.05) is 5.56 Å². The van der Waals surface area contributed by atoms with Crippen molar-refractivity contribution < 1.29 is 19.7 Å². The Morgan fingerprint density at radius 3 is 2.92 bits per heavy atom. The van der Waals surface area contributed by atoms with E-state index >= 15 is 0 Å². The summed E-state index contributed by atoms with van der Waals surface area (Å²) >= 11 is 0.998. The second-order valence-electron chi connectivity index (χ2n) is 2.80. The predicted molar refractivity (Wildman–Crippen MR) is 46.8 cm³/mol. The minimum Gasteiger partial charge on any atom is -0.506 e. The van der Waals surface area contributed by atoms with E-state index in [0.717, 1.165) is 17.8 Å². The molecule has 5 heteroatoms. The number of carboxylic acid groups (broad SMARTS) is 1. The lowest BCUT2D eigenvalue weighted by Gasteiger charge is -2.11. The van der Waals surface area contributed by atoms with Crippen LogP contribution in [0, 0.1) is 0 Å². The molecule has 70 valence electrons. The third-order valence-corrected chi connectivity index (χ3v) is 3.06. The number of carboxylic acids is 1. The van der Waals surface area contributed by atoms with Crippen LogP contribution in [0.15, 0.2) is 0 Å². The van der Waals surface area contributed by atoms with E-state index in [2.05, 4.69) is 0 Å². The normalized spacial score (nSPS) is 14.8. The molecular formula is C8H8O4S. The fourth-order valence-electron chi connectivity index (χ4n) is 1.33. The Morgan fingerprint density at radius 2 is 2.31 bits per heavy atom. The summed E-state index contributed by atoms with van der Waals surface area (Å²) in [6, 6.07) is 0. The van der Waals surface area contributed by atoms with Gasteiger partial charge in [-0.1, -0.05) is 11.3 Å². The summed E-state index contributed by atoms with van der Waals surface area (Å²) in [6.07, 6.45) is 1.53. The standard InChI is InChI=1S/C8H8O4S/c9-5-4-2-1-3-12-8(4)13-6(5)7(10)11/h9H,1-3H2,(H,10,11). The van der Waals surface area contributed by atoms with Crippen LogP contribution in [0.2, 0.25) is 0 Å². The highest BCUT2D eigenvalue weighted by Gasteiger charge is 2.24. The topological polar surface area (TPSA) is 66.8 Å². The third-order valence-electron chi connectivity index (χ3n) is 1.94. The van der Waals surface area contributed by atoms with Gasteiger partial charge in [0.05, 0.1) is 6.61 Å². The van der Waals surface area contributed by atoms with Gasteiger partial charge in [-0.3, -0.25) is 0 Å². The van der Waals surface area contributed by atoms with E-state index in [1.807, 2.05) is 0 Å². The second kappa shape index (κ2) is 2.92. The summed E-state index contributed by atoms with van der Waals surface area (Å²) in [5, 5.41) is 18.8. The van der Waals surface area contributed by atoms with Gasteiger partial charge in [0.15, 0.2) is 9.94 Å². The smallest absolute Gasteiger partial charge is 0.349 e. The maximum Gasteiger partial charge on any atom is 0.349 e. The van der Waals surface area contributed by atoms with Gasteiger partial charge in [-0.15, -0.1) is 0 Å². The molecule has 0 amide bonds. The lowest BCUT2D eigenvalue weighted by Crippen LogP contribution is -2.05. The number of fused-ring (bicyclic) bond motifs is 1. The Bertz CT molecular complexity index is 355. The number of aromatic hydroxyl groups is 1. The van der Waals surface area contributed by atoms with Crippen molar-refractivity contribution in [1.82, 2.24) is 0 Å². The fraction of sp³-hybridized carbons (Fsp3) is 0.375. The maximum atomic E-state index is 10.6. The van der Waals surface area contributed by atoms with Crippen molar-refractivity contribution in [1.29, 1.82) is 0 Å². The summed E-state index contributed by atoms with van der Waals surface area (Å²) in [4.78, 5) is 10.6. The lowest BCUT2D eigenvalue weighted by atomic mass is 10.1. The lowest BCUT2D eigenvalue weighted by molar-refractivity contribution is 0.0699. The third kappa shape index (κ3) is 1.25. The van der Waals surface area contributed by atoms with E-state index in [9.17, 15) is 9.90 Å². The van der Waals surface area contributed by atoms with Crippen LogP contribution in [0.5, 0.6) is 10.8 Å². The molecule has 1 aliphatic rings. The van der Waals surface area contributed by atoms with Gasteiger partial charge in [-0.05, 0) is 12.8 Å². The number of carbonyl (C=O) groups is 1. The van der Waals surface area contributed by atoms with Crippen molar-refractivity contribution in [3.8, 4) is 10.8 Å². The van der Waals surface area contributed by atoms with Gasteiger partial charge in [0.2, 0.25) is 0 Å². The van der Waals surface area contributed by atoms with Gasteiger partial charge in [-0.2, -0.15) is 0 Å². The number of hydrogen-bond donors (Lipinski definition) is 2. The molecule has 0 bridgehead atoms. The summed E-state index contributed by atoms with van der Waals surface area (Å²) in [5.41, 5.74) is 0.647. The van der Waals surface area contributed by atoms with Gasteiger partial charge >= 0.3 is 5.97 Å². The molecule has 2 rings (SSSR count). The molecule has 13 heavy (non-hydrogen) atoms. The zero-order chi connectivity index (χ0) is 9.42. The first-order valence-corrected chi connectivity index (χ1v) is 4.72. The average Bonchev–Trinajstić information content (AvgIpc) is 2.45. The zero-order valence-corrected chi connectivity index (χ0v) is 7.56. The summed E-state index contributed by atoms with van der Waals surface area (Å²) in [5.74, 6) is -1.22. The molecule has 0 aliphatic carbocycles. The Morgan fingerprint density at radius 1 is 1.54 bits per heavy atom. The molecule has 0 aromatic carbocycles. The average molecular weight is 200 g/mol. The summed E-state index contributed by atoms with van der Waals surface area (Å²) in [7, 11) is 0. The number of rotatable bonds is 1. The highest BCUT2D eigenvalue weighted by Crippen LogP contribution is 2.42. The predicted octanol–water partition coefficient (Wildman–Crippen LogP) is 1.48. The minimum absolute atomic E-state index is 0.0214. The van der Waals surface area contributed by atoms with Crippen LogP contribution in [0.1, 0.15) is 21.7 Å². The molecule has 1 aliphatic heterocycles. The zero-order valence-electron chi connectivity index (χ0n) is 6.74. The van der Waals surface area contributed by atoms with Crippen molar-refractivity contribution in [2.75, 3.05) is 6.61 Å². The van der Waals surface area contributed by atoms with Crippen LogP contribution in [0.25, 0.3) is 0 Å². The molecule has 1 aromatic rings. The van der Waals surface area contributed by atoms with Crippen molar-refractivity contribution in [3.63, 3.8) is 0 Å².